The van der Waals surface area contributed by atoms with E-state index in [1.165, 1.54) is 38.5 Å². The van der Waals surface area contributed by atoms with Crippen molar-refractivity contribution in [2.75, 3.05) is 26.1 Å². The first-order valence-electron chi connectivity index (χ1n) is 8.38. The Morgan fingerprint density at radius 2 is 1.71 bits per heavy atom. The molecule has 0 bridgehead atoms. The molecule has 0 radical (unpaired) electrons. The Labute approximate surface area is 168 Å². The first kappa shape index (κ1) is 21.4. The Bertz CT molecular complexity index is 869. The standard InChI is InChI=1S/C20H21ClN2O5/c1-20(28-3,14-5-4-6-15(21)11-14)12-22-17(24)18(25)23-16-9-7-13(8-10-16)19(26)27-2/h4-11H,12H2,1-3H3,(H,22,24)(H,23,25). The molecule has 8 heteroatoms. The fourth-order valence-electron chi connectivity index (χ4n) is 2.43. The summed E-state index contributed by atoms with van der Waals surface area (Å²) in [5.74, 6) is -2.15. The lowest BCUT2D eigenvalue weighted by Gasteiger charge is -2.29. The third kappa shape index (κ3) is 5.31. The number of esters is 1. The molecule has 0 aliphatic rings. The molecular weight excluding hydrogens is 384 g/mol. The molecule has 0 spiro atoms. The average Bonchev–Trinajstić information content (AvgIpc) is 2.71. The summed E-state index contributed by atoms with van der Waals surface area (Å²) < 4.78 is 10.1. The van der Waals surface area contributed by atoms with Crippen LogP contribution in [-0.2, 0) is 24.7 Å². The molecule has 148 valence electrons. The molecule has 2 amide bonds. The number of carbonyl (C=O) groups excluding carboxylic acids is 3. The minimum atomic E-state index is -0.858. The van der Waals surface area contributed by atoms with E-state index in [9.17, 15) is 14.4 Å². The minimum Gasteiger partial charge on any atom is -0.465 e. The van der Waals surface area contributed by atoms with Crippen LogP contribution < -0.4 is 10.6 Å². The highest BCUT2D eigenvalue weighted by Crippen LogP contribution is 2.26. The van der Waals surface area contributed by atoms with Gasteiger partial charge in [-0.25, -0.2) is 4.79 Å². The first-order valence-corrected chi connectivity index (χ1v) is 8.75. The molecule has 2 rings (SSSR count). The van der Waals surface area contributed by atoms with E-state index < -0.39 is 23.4 Å². The maximum Gasteiger partial charge on any atom is 0.337 e. The van der Waals surface area contributed by atoms with Gasteiger partial charge in [-0.2, -0.15) is 0 Å². The summed E-state index contributed by atoms with van der Waals surface area (Å²) in [7, 11) is 2.79. The summed E-state index contributed by atoms with van der Waals surface area (Å²) in [5, 5.41) is 5.56. The Kier molecular flexibility index (Phi) is 7.14. The Morgan fingerprint density at radius 1 is 1.04 bits per heavy atom. The van der Waals surface area contributed by atoms with Crippen LogP contribution in [0.4, 0.5) is 5.69 Å². The summed E-state index contributed by atoms with van der Waals surface area (Å²) in [6.07, 6.45) is 0. The van der Waals surface area contributed by atoms with Gasteiger partial charge < -0.3 is 20.1 Å². The SMILES string of the molecule is COC(=O)c1ccc(NC(=O)C(=O)NCC(C)(OC)c2cccc(Cl)c2)cc1. The number of halogens is 1. The lowest BCUT2D eigenvalue weighted by molar-refractivity contribution is -0.137. The number of hydrogen-bond acceptors (Lipinski definition) is 5. The molecule has 2 aromatic carbocycles. The molecular formula is C20H21ClN2O5. The van der Waals surface area contributed by atoms with Crippen molar-refractivity contribution in [3.05, 3.63) is 64.7 Å². The average molecular weight is 405 g/mol. The highest BCUT2D eigenvalue weighted by molar-refractivity contribution is 6.39. The molecule has 28 heavy (non-hydrogen) atoms. The maximum absolute atomic E-state index is 12.2. The van der Waals surface area contributed by atoms with Crippen LogP contribution in [-0.4, -0.2) is 38.5 Å². The third-order valence-electron chi connectivity index (χ3n) is 4.24. The van der Waals surface area contributed by atoms with Gasteiger partial charge in [0.1, 0.15) is 5.60 Å². The van der Waals surface area contributed by atoms with E-state index in [-0.39, 0.29) is 6.54 Å². The van der Waals surface area contributed by atoms with Gasteiger partial charge in [0.2, 0.25) is 0 Å². The van der Waals surface area contributed by atoms with Gasteiger partial charge in [-0.3, -0.25) is 9.59 Å². The zero-order valence-electron chi connectivity index (χ0n) is 15.7. The number of carbonyl (C=O) groups is 3. The summed E-state index contributed by atoms with van der Waals surface area (Å²) in [4.78, 5) is 35.7. The van der Waals surface area contributed by atoms with Crippen molar-refractivity contribution in [1.29, 1.82) is 0 Å². The molecule has 0 saturated heterocycles. The lowest BCUT2D eigenvalue weighted by Crippen LogP contribution is -2.44. The number of hydrogen-bond donors (Lipinski definition) is 2. The van der Waals surface area contributed by atoms with Gasteiger partial charge in [0, 0.05) is 17.8 Å². The summed E-state index contributed by atoms with van der Waals surface area (Å²) in [6.45, 7) is 1.85. The number of amides is 2. The van der Waals surface area contributed by atoms with E-state index in [1.54, 1.807) is 25.1 Å². The predicted molar refractivity (Wildman–Crippen MR) is 105 cm³/mol. The third-order valence-corrected chi connectivity index (χ3v) is 4.48. The summed E-state index contributed by atoms with van der Waals surface area (Å²) >= 11 is 6.02. The highest BCUT2D eigenvalue weighted by atomic mass is 35.5. The van der Waals surface area contributed by atoms with E-state index in [0.717, 1.165) is 5.56 Å². The fraction of sp³-hybridized carbons (Fsp3) is 0.250. The molecule has 2 N–H and O–H groups in total. The molecule has 1 atom stereocenters. The maximum atomic E-state index is 12.2. The van der Waals surface area contributed by atoms with E-state index in [4.69, 9.17) is 16.3 Å². The predicted octanol–water partition coefficient (Wildman–Crippen LogP) is 2.74. The van der Waals surface area contributed by atoms with Crippen molar-refractivity contribution in [3.8, 4) is 0 Å². The first-order chi connectivity index (χ1) is 13.3. The van der Waals surface area contributed by atoms with Crippen LogP contribution in [0.25, 0.3) is 0 Å². The minimum absolute atomic E-state index is 0.0668. The molecule has 0 aliphatic carbocycles. The monoisotopic (exact) mass is 404 g/mol. The normalized spacial score (nSPS) is 12.6. The smallest absolute Gasteiger partial charge is 0.337 e. The molecule has 7 nitrogen and oxygen atoms in total. The number of ether oxygens (including phenoxy) is 2. The van der Waals surface area contributed by atoms with Crippen molar-refractivity contribution >= 4 is 35.1 Å². The van der Waals surface area contributed by atoms with E-state index in [0.29, 0.717) is 16.3 Å². The van der Waals surface area contributed by atoms with Gasteiger partial charge in [-0.05, 0) is 48.9 Å². The number of rotatable bonds is 6. The molecule has 0 fully saturated rings. The van der Waals surface area contributed by atoms with Gasteiger partial charge in [0.25, 0.3) is 0 Å². The number of nitrogens with one attached hydrogen (secondary N) is 2. The van der Waals surface area contributed by atoms with E-state index in [2.05, 4.69) is 15.4 Å². The fourth-order valence-corrected chi connectivity index (χ4v) is 2.62. The van der Waals surface area contributed by atoms with Gasteiger partial charge in [-0.1, -0.05) is 23.7 Å². The summed E-state index contributed by atoms with van der Waals surface area (Å²) in [6, 6.07) is 13.1. The molecule has 1 unspecified atom stereocenters. The Morgan fingerprint density at radius 3 is 2.29 bits per heavy atom. The van der Waals surface area contributed by atoms with Crippen molar-refractivity contribution in [2.45, 2.75) is 12.5 Å². The van der Waals surface area contributed by atoms with Gasteiger partial charge in [-0.15, -0.1) is 0 Å². The van der Waals surface area contributed by atoms with Crippen LogP contribution in [0.15, 0.2) is 48.5 Å². The van der Waals surface area contributed by atoms with Crippen molar-refractivity contribution < 1.29 is 23.9 Å². The highest BCUT2D eigenvalue weighted by Gasteiger charge is 2.28. The number of methoxy groups -OCH3 is 2. The number of anilines is 1. The largest absolute Gasteiger partial charge is 0.465 e. The Hall–Kier alpha value is -2.90. The second-order valence-corrected chi connectivity index (χ2v) is 6.59. The van der Waals surface area contributed by atoms with Gasteiger partial charge in [0.05, 0.1) is 19.2 Å². The lowest BCUT2D eigenvalue weighted by atomic mass is 9.95. The number of benzene rings is 2. The van der Waals surface area contributed by atoms with E-state index >= 15 is 0 Å². The van der Waals surface area contributed by atoms with Crippen LogP contribution in [0.5, 0.6) is 0 Å². The van der Waals surface area contributed by atoms with Crippen LogP contribution in [0.3, 0.4) is 0 Å². The van der Waals surface area contributed by atoms with E-state index in [1.807, 2.05) is 6.07 Å². The van der Waals surface area contributed by atoms with Crippen LogP contribution in [0, 0.1) is 0 Å². The van der Waals surface area contributed by atoms with Crippen molar-refractivity contribution in [3.63, 3.8) is 0 Å². The van der Waals surface area contributed by atoms with Crippen LogP contribution >= 0.6 is 11.6 Å². The van der Waals surface area contributed by atoms with Crippen molar-refractivity contribution in [1.82, 2.24) is 5.32 Å². The Balaban J connectivity index is 1.98. The second kappa shape index (κ2) is 9.34. The molecule has 2 aromatic rings. The van der Waals surface area contributed by atoms with Crippen molar-refractivity contribution in [2.24, 2.45) is 0 Å². The molecule has 0 aliphatic heterocycles. The van der Waals surface area contributed by atoms with Crippen LogP contribution in [0.1, 0.15) is 22.8 Å². The molecule has 0 aromatic heterocycles. The zero-order valence-corrected chi connectivity index (χ0v) is 16.5. The topological polar surface area (TPSA) is 93.7 Å². The van der Waals surface area contributed by atoms with Crippen LogP contribution in [0.2, 0.25) is 5.02 Å². The van der Waals surface area contributed by atoms with Gasteiger partial charge >= 0.3 is 17.8 Å². The van der Waals surface area contributed by atoms with Gasteiger partial charge in [0.15, 0.2) is 0 Å². The summed E-state index contributed by atoms with van der Waals surface area (Å²) in [5.41, 5.74) is 0.615. The zero-order chi connectivity index (χ0) is 20.7. The quantitative estimate of drug-likeness (QED) is 0.570. The second-order valence-electron chi connectivity index (χ2n) is 6.15. The molecule has 0 saturated carbocycles. The molecule has 0 heterocycles.